The van der Waals surface area contributed by atoms with Gasteiger partial charge in [-0.25, -0.2) is 0 Å². The molecule has 1 N–H and O–H groups in total. The van der Waals surface area contributed by atoms with E-state index in [9.17, 15) is 4.79 Å². The molecule has 0 saturated carbocycles. The lowest BCUT2D eigenvalue weighted by Crippen LogP contribution is -2.32. The van der Waals surface area contributed by atoms with Gasteiger partial charge in [-0.05, 0) is 31.0 Å². The lowest BCUT2D eigenvalue weighted by Gasteiger charge is -2.27. The largest absolute Gasteiger partial charge is 0.481 e. The fourth-order valence-electron chi connectivity index (χ4n) is 2.47. The van der Waals surface area contributed by atoms with Gasteiger partial charge in [-0.2, -0.15) is 0 Å². The first-order chi connectivity index (χ1) is 10.0. The Hall–Kier alpha value is -1.51. The van der Waals surface area contributed by atoms with Crippen LogP contribution in [0.15, 0.2) is 24.3 Å². The van der Waals surface area contributed by atoms with Gasteiger partial charge in [0.05, 0.1) is 5.92 Å². The Balaban J connectivity index is 2.63. The summed E-state index contributed by atoms with van der Waals surface area (Å²) in [5.41, 5.74) is 2.35. The zero-order valence-electron chi connectivity index (χ0n) is 13.6. The monoisotopic (exact) mass is 291 g/mol. The number of carbonyl (C=O) groups is 1. The van der Waals surface area contributed by atoms with Crippen LogP contribution in [0.1, 0.15) is 51.5 Å². The first kappa shape index (κ1) is 17.5. The highest BCUT2D eigenvalue weighted by molar-refractivity contribution is 5.70. The lowest BCUT2D eigenvalue weighted by atomic mass is 10.1. The standard InChI is InChI=1S/C18H29NO2/c1-4-5-6-7-8-12-19(14-16(3)18(20)21)17-11-9-10-15(2)13-17/h9-11,13,16H,4-8,12,14H2,1-3H3,(H,20,21). The molecule has 1 aromatic rings. The number of benzene rings is 1. The molecule has 0 spiro atoms. The van der Waals surface area contributed by atoms with Crippen molar-refractivity contribution in [1.29, 1.82) is 0 Å². The molecular formula is C18H29NO2. The molecule has 1 unspecified atom stereocenters. The summed E-state index contributed by atoms with van der Waals surface area (Å²) in [6, 6.07) is 8.33. The molecule has 3 heteroatoms. The van der Waals surface area contributed by atoms with Gasteiger partial charge in [0, 0.05) is 18.8 Å². The molecule has 0 fully saturated rings. The third kappa shape index (κ3) is 6.65. The molecule has 1 atom stereocenters. The molecule has 0 aliphatic heterocycles. The number of rotatable bonds is 10. The van der Waals surface area contributed by atoms with Crippen molar-refractivity contribution in [3.05, 3.63) is 29.8 Å². The van der Waals surface area contributed by atoms with Crippen LogP contribution in [0.3, 0.4) is 0 Å². The number of aryl methyl sites for hydroxylation is 1. The van der Waals surface area contributed by atoms with E-state index >= 15 is 0 Å². The molecule has 3 nitrogen and oxygen atoms in total. The average molecular weight is 291 g/mol. The van der Waals surface area contributed by atoms with Gasteiger partial charge >= 0.3 is 5.97 Å². The number of nitrogens with zero attached hydrogens (tertiary/aromatic N) is 1. The zero-order valence-corrected chi connectivity index (χ0v) is 13.6. The van der Waals surface area contributed by atoms with Gasteiger partial charge in [0.25, 0.3) is 0 Å². The molecule has 1 aromatic carbocycles. The quantitative estimate of drug-likeness (QED) is 0.646. The fraction of sp³-hybridized carbons (Fsp3) is 0.611. The van der Waals surface area contributed by atoms with Crippen LogP contribution in [0.5, 0.6) is 0 Å². The summed E-state index contributed by atoms with van der Waals surface area (Å²) >= 11 is 0. The van der Waals surface area contributed by atoms with E-state index in [2.05, 4.69) is 36.9 Å². The van der Waals surface area contributed by atoms with Gasteiger partial charge in [0.1, 0.15) is 0 Å². The summed E-state index contributed by atoms with van der Waals surface area (Å²) in [5, 5.41) is 9.15. The summed E-state index contributed by atoms with van der Waals surface area (Å²) in [5.74, 6) is -1.07. The number of anilines is 1. The summed E-state index contributed by atoms with van der Waals surface area (Å²) in [6.07, 6.45) is 6.15. The van der Waals surface area contributed by atoms with Crippen molar-refractivity contribution in [2.75, 3.05) is 18.0 Å². The van der Waals surface area contributed by atoms with Crippen molar-refractivity contribution in [1.82, 2.24) is 0 Å². The molecule has 0 saturated heterocycles. The maximum Gasteiger partial charge on any atom is 0.308 e. The fourth-order valence-corrected chi connectivity index (χ4v) is 2.47. The minimum atomic E-state index is -0.723. The van der Waals surface area contributed by atoms with Crippen molar-refractivity contribution in [3.8, 4) is 0 Å². The van der Waals surface area contributed by atoms with E-state index in [1.807, 2.05) is 6.07 Å². The van der Waals surface area contributed by atoms with Crippen LogP contribution in [0.4, 0.5) is 5.69 Å². The van der Waals surface area contributed by atoms with E-state index in [0.29, 0.717) is 6.54 Å². The lowest BCUT2D eigenvalue weighted by molar-refractivity contribution is -0.140. The molecule has 0 aliphatic carbocycles. The van der Waals surface area contributed by atoms with Crippen LogP contribution in [-0.4, -0.2) is 24.2 Å². The molecule has 1 rings (SSSR count). The van der Waals surface area contributed by atoms with Crippen molar-refractivity contribution in [2.24, 2.45) is 5.92 Å². The maximum absolute atomic E-state index is 11.1. The summed E-state index contributed by atoms with van der Waals surface area (Å²) in [4.78, 5) is 13.3. The van der Waals surface area contributed by atoms with E-state index in [0.717, 1.165) is 18.7 Å². The highest BCUT2D eigenvalue weighted by Gasteiger charge is 2.16. The van der Waals surface area contributed by atoms with Crippen molar-refractivity contribution in [3.63, 3.8) is 0 Å². The topological polar surface area (TPSA) is 40.5 Å². The van der Waals surface area contributed by atoms with Gasteiger partial charge in [-0.1, -0.05) is 51.7 Å². The normalized spacial score (nSPS) is 12.1. The second kappa shape index (κ2) is 9.43. The van der Waals surface area contributed by atoms with Crippen LogP contribution < -0.4 is 4.90 Å². The number of aliphatic carboxylic acids is 1. The second-order valence-electron chi connectivity index (χ2n) is 5.94. The predicted octanol–water partition coefficient (Wildman–Crippen LogP) is 4.49. The third-order valence-electron chi connectivity index (χ3n) is 3.81. The van der Waals surface area contributed by atoms with Crippen LogP contribution in [0.2, 0.25) is 0 Å². The van der Waals surface area contributed by atoms with Crippen LogP contribution in [0, 0.1) is 12.8 Å². The van der Waals surface area contributed by atoms with Gasteiger partial charge < -0.3 is 10.0 Å². The van der Waals surface area contributed by atoms with E-state index in [4.69, 9.17) is 5.11 Å². The van der Waals surface area contributed by atoms with Gasteiger partial charge in [-0.3, -0.25) is 4.79 Å². The molecule has 0 radical (unpaired) electrons. The highest BCUT2D eigenvalue weighted by atomic mass is 16.4. The average Bonchev–Trinajstić information content (AvgIpc) is 2.45. The number of hydrogen-bond donors (Lipinski definition) is 1. The number of carboxylic acids is 1. The molecular weight excluding hydrogens is 262 g/mol. The van der Waals surface area contributed by atoms with E-state index < -0.39 is 5.97 Å². The highest BCUT2D eigenvalue weighted by Crippen LogP contribution is 2.19. The summed E-state index contributed by atoms with van der Waals surface area (Å²) in [7, 11) is 0. The molecule has 0 aliphatic rings. The Labute approximate surface area is 129 Å². The molecule has 0 amide bonds. The predicted molar refractivity (Wildman–Crippen MR) is 89.0 cm³/mol. The Bertz CT molecular complexity index is 431. The third-order valence-corrected chi connectivity index (χ3v) is 3.81. The minimum absolute atomic E-state index is 0.346. The molecule has 0 bridgehead atoms. The van der Waals surface area contributed by atoms with E-state index in [1.165, 1.54) is 31.2 Å². The number of unbranched alkanes of at least 4 members (excludes halogenated alkanes) is 4. The van der Waals surface area contributed by atoms with E-state index in [1.54, 1.807) is 6.92 Å². The Morgan fingerprint density at radius 3 is 2.57 bits per heavy atom. The summed E-state index contributed by atoms with van der Waals surface area (Å²) < 4.78 is 0. The Morgan fingerprint density at radius 2 is 1.95 bits per heavy atom. The molecule has 118 valence electrons. The minimum Gasteiger partial charge on any atom is -0.481 e. The van der Waals surface area contributed by atoms with Gasteiger partial charge in [-0.15, -0.1) is 0 Å². The summed E-state index contributed by atoms with van der Waals surface area (Å²) in [6.45, 7) is 7.58. The zero-order chi connectivity index (χ0) is 15.7. The van der Waals surface area contributed by atoms with Crippen molar-refractivity contribution in [2.45, 2.75) is 52.9 Å². The van der Waals surface area contributed by atoms with Crippen LogP contribution >= 0.6 is 0 Å². The number of carboxylic acid groups (broad SMARTS) is 1. The second-order valence-corrected chi connectivity index (χ2v) is 5.94. The first-order valence-corrected chi connectivity index (χ1v) is 8.09. The van der Waals surface area contributed by atoms with Crippen molar-refractivity contribution >= 4 is 11.7 Å². The van der Waals surface area contributed by atoms with Crippen molar-refractivity contribution < 1.29 is 9.90 Å². The molecule has 0 heterocycles. The molecule has 21 heavy (non-hydrogen) atoms. The van der Waals surface area contributed by atoms with Gasteiger partial charge in [0.15, 0.2) is 0 Å². The smallest absolute Gasteiger partial charge is 0.308 e. The SMILES string of the molecule is CCCCCCCN(CC(C)C(=O)O)c1cccc(C)c1. The Morgan fingerprint density at radius 1 is 1.24 bits per heavy atom. The van der Waals surface area contributed by atoms with E-state index in [-0.39, 0.29) is 5.92 Å². The van der Waals surface area contributed by atoms with Gasteiger partial charge in [0.2, 0.25) is 0 Å². The first-order valence-electron chi connectivity index (χ1n) is 8.09. The molecule has 0 aromatic heterocycles. The maximum atomic E-state index is 11.1. The van der Waals surface area contributed by atoms with Crippen LogP contribution in [-0.2, 0) is 4.79 Å². The van der Waals surface area contributed by atoms with Crippen LogP contribution in [0.25, 0.3) is 0 Å². The Kier molecular flexibility index (Phi) is 7.88. The number of hydrogen-bond acceptors (Lipinski definition) is 2.